The predicted octanol–water partition coefficient (Wildman–Crippen LogP) is 2.51. The number of likely N-dealkylation sites (tertiary alicyclic amines) is 1. The van der Waals surface area contributed by atoms with Crippen LogP contribution in [0, 0.1) is 0 Å². The third-order valence-corrected chi connectivity index (χ3v) is 3.57. The predicted molar refractivity (Wildman–Crippen MR) is 75.0 cm³/mol. The summed E-state index contributed by atoms with van der Waals surface area (Å²) in [7, 11) is 0. The normalized spacial score (nSPS) is 16.5. The van der Waals surface area contributed by atoms with Crippen LogP contribution in [0.4, 0.5) is 0 Å². The van der Waals surface area contributed by atoms with Crippen LogP contribution in [0.25, 0.3) is 0 Å². The maximum atomic E-state index is 11.6. The van der Waals surface area contributed by atoms with E-state index < -0.39 is 12.0 Å². The molecule has 1 N–H and O–H groups in total. The zero-order valence-electron chi connectivity index (χ0n) is 11.8. The molecule has 0 bridgehead atoms. The molecule has 0 aromatic carbocycles. The van der Waals surface area contributed by atoms with Gasteiger partial charge in [-0.05, 0) is 19.3 Å². The second-order valence-corrected chi connectivity index (χ2v) is 5.15. The number of rotatable bonds is 10. The van der Waals surface area contributed by atoms with Gasteiger partial charge in [0, 0.05) is 12.8 Å². The second kappa shape index (κ2) is 8.51. The van der Waals surface area contributed by atoms with Crippen LogP contribution in [0.2, 0.25) is 0 Å². The Bertz CT molecular complexity index is 362. The standard InChI is InChI=1S/C15H23NO4/c1-2-3-4-5-6-7-8-9-12(15(19)20)16-13(17)10-11-14(16)18/h2,12H,1,3-11H2,(H,19,20). The van der Waals surface area contributed by atoms with Crippen LogP contribution < -0.4 is 0 Å². The van der Waals surface area contributed by atoms with Gasteiger partial charge in [0.2, 0.25) is 11.8 Å². The van der Waals surface area contributed by atoms with Gasteiger partial charge in [-0.15, -0.1) is 6.58 Å². The first-order valence-corrected chi connectivity index (χ1v) is 7.26. The highest BCUT2D eigenvalue weighted by atomic mass is 16.4. The summed E-state index contributed by atoms with van der Waals surface area (Å²) in [5, 5.41) is 9.18. The molecular formula is C15H23NO4. The molecule has 1 rings (SSSR count). The van der Waals surface area contributed by atoms with Crippen molar-refractivity contribution in [3.05, 3.63) is 12.7 Å². The van der Waals surface area contributed by atoms with Crippen molar-refractivity contribution < 1.29 is 19.5 Å². The maximum Gasteiger partial charge on any atom is 0.326 e. The lowest BCUT2D eigenvalue weighted by Crippen LogP contribution is -2.44. The van der Waals surface area contributed by atoms with Gasteiger partial charge in [0.05, 0.1) is 0 Å². The molecule has 0 spiro atoms. The quantitative estimate of drug-likeness (QED) is 0.379. The van der Waals surface area contributed by atoms with Crippen molar-refractivity contribution in [3.8, 4) is 0 Å². The SMILES string of the molecule is C=CCCCCCCCC(C(=O)O)N1C(=O)CCC1=O. The van der Waals surface area contributed by atoms with Crippen molar-refractivity contribution in [2.45, 2.75) is 63.8 Å². The maximum absolute atomic E-state index is 11.6. The zero-order valence-corrected chi connectivity index (χ0v) is 11.8. The largest absolute Gasteiger partial charge is 0.480 e. The Labute approximate surface area is 119 Å². The molecular weight excluding hydrogens is 258 g/mol. The first-order chi connectivity index (χ1) is 9.57. The number of allylic oxidation sites excluding steroid dienone is 1. The molecule has 1 saturated heterocycles. The number of amides is 2. The molecule has 1 atom stereocenters. The number of aliphatic carboxylic acids is 1. The Morgan fingerprint density at radius 2 is 1.70 bits per heavy atom. The first-order valence-electron chi connectivity index (χ1n) is 7.26. The smallest absolute Gasteiger partial charge is 0.326 e. The molecule has 20 heavy (non-hydrogen) atoms. The van der Waals surface area contributed by atoms with Crippen LogP contribution >= 0.6 is 0 Å². The van der Waals surface area contributed by atoms with Crippen molar-refractivity contribution >= 4 is 17.8 Å². The zero-order chi connectivity index (χ0) is 15.0. The van der Waals surface area contributed by atoms with Crippen molar-refractivity contribution in [2.75, 3.05) is 0 Å². The van der Waals surface area contributed by atoms with Crippen LogP contribution in [0.3, 0.4) is 0 Å². The lowest BCUT2D eigenvalue weighted by atomic mass is 10.0. The highest BCUT2D eigenvalue weighted by molar-refractivity contribution is 6.04. The summed E-state index contributed by atoms with van der Waals surface area (Å²) in [4.78, 5) is 35.3. The van der Waals surface area contributed by atoms with Crippen LogP contribution in [0.5, 0.6) is 0 Å². The van der Waals surface area contributed by atoms with Gasteiger partial charge < -0.3 is 5.11 Å². The van der Waals surface area contributed by atoms with Crippen LogP contribution in [-0.4, -0.2) is 33.8 Å². The average molecular weight is 281 g/mol. The van der Waals surface area contributed by atoms with Gasteiger partial charge in [-0.1, -0.05) is 31.8 Å². The molecule has 0 saturated carbocycles. The Morgan fingerprint density at radius 1 is 1.15 bits per heavy atom. The number of carboxylic acids is 1. The Hall–Kier alpha value is -1.65. The number of carbonyl (C=O) groups is 3. The molecule has 1 unspecified atom stereocenters. The molecule has 2 amide bonds. The summed E-state index contributed by atoms with van der Waals surface area (Å²) in [6.45, 7) is 3.66. The van der Waals surface area contributed by atoms with Gasteiger partial charge in [-0.3, -0.25) is 14.5 Å². The number of hydrogen-bond donors (Lipinski definition) is 1. The topological polar surface area (TPSA) is 74.7 Å². The lowest BCUT2D eigenvalue weighted by Gasteiger charge is -2.22. The van der Waals surface area contributed by atoms with Crippen molar-refractivity contribution in [3.63, 3.8) is 0 Å². The number of unbranched alkanes of at least 4 members (excludes halogenated alkanes) is 5. The molecule has 5 nitrogen and oxygen atoms in total. The van der Waals surface area contributed by atoms with E-state index in [4.69, 9.17) is 0 Å². The first kappa shape index (κ1) is 16.4. The molecule has 0 aromatic heterocycles. The Kier molecular flexibility index (Phi) is 6.98. The average Bonchev–Trinajstić information content (AvgIpc) is 2.73. The second-order valence-electron chi connectivity index (χ2n) is 5.15. The van der Waals surface area contributed by atoms with Crippen LogP contribution in [-0.2, 0) is 14.4 Å². The molecule has 0 aromatic rings. The monoisotopic (exact) mass is 281 g/mol. The Morgan fingerprint density at radius 3 is 2.25 bits per heavy atom. The van der Waals surface area contributed by atoms with Crippen LogP contribution in [0.15, 0.2) is 12.7 Å². The van der Waals surface area contributed by atoms with E-state index >= 15 is 0 Å². The minimum atomic E-state index is -1.08. The molecule has 1 aliphatic heterocycles. The van der Waals surface area contributed by atoms with Crippen molar-refractivity contribution in [1.82, 2.24) is 4.90 Å². The molecule has 5 heteroatoms. The van der Waals surface area contributed by atoms with E-state index in [-0.39, 0.29) is 24.7 Å². The fourth-order valence-electron chi connectivity index (χ4n) is 2.46. The van der Waals surface area contributed by atoms with E-state index in [9.17, 15) is 19.5 Å². The van der Waals surface area contributed by atoms with Crippen LogP contribution in [0.1, 0.15) is 57.8 Å². The fraction of sp³-hybridized carbons (Fsp3) is 0.667. The van der Waals surface area contributed by atoms with Crippen molar-refractivity contribution in [1.29, 1.82) is 0 Å². The van der Waals surface area contributed by atoms with E-state index in [0.29, 0.717) is 6.42 Å². The van der Waals surface area contributed by atoms with Gasteiger partial charge in [0.25, 0.3) is 0 Å². The van der Waals surface area contributed by atoms with E-state index in [1.807, 2.05) is 6.08 Å². The minimum Gasteiger partial charge on any atom is -0.480 e. The van der Waals surface area contributed by atoms with Gasteiger partial charge >= 0.3 is 5.97 Å². The van der Waals surface area contributed by atoms with Gasteiger partial charge in [-0.2, -0.15) is 0 Å². The minimum absolute atomic E-state index is 0.143. The summed E-state index contributed by atoms with van der Waals surface area (Å²) in [5.74, 6) is -1.79. The third-order valence-electron chi connectivity index (χ3n) is 3.57. The van der Waals surface area contributed by atoms with Gasteiger partial charge in [-0.25, -0.2) is 4.79 Å². The number of carboxylic acid groups (broad SMARTS) is 1. The van der Waals surface area contributed by atoms with E-state index in [1.165, 1.54) is 0 Å². The Balaban J connectivity index is 2.33. The molecule has 0 aliphatic carbocycles. The van der Waals surface area contributed by atoms with Gasteiger partial charge in [0.1, 0.15) is 6.04 Å². The molecule has 112 valence electrons. The number of hydrogen-bond acceptors (Lipinski definition) is 3. The van der Waals surface area contributed by atoms with E-state index in [1.54, 1.807) is 0 Å². The third kappa shape index (κ3) is 4.79. The van der Waals surface area contributed by atoms with Gasteiger partial charge in [0.15, 0.2) is 0 Å². The van der Waals surface area contributed by atoms with Crippen molar-refractivity contribution in [2.24, 2.45) is 0 Å². The van der Waals surface area contributed by atoms with E-state index in [0.717, 1.165) is 43.4 Å². The number of imide groups is 1. The summed E-state index contributed by atoms with van der Waals surface area (Å²) >= 11 is 0. The highest BCUT2D eigenvalue weighted by Crippen LogP contribution is 2.20. The molecule has 1 heterocycles. The highest BCUT2D eigenvalue weighted by Gasteiger charge is 2.38. The summed E-state index contributed by atoms with van der Waals surface area (Å²) in [5.41, 5.74) is 0. The molecule has 0 radical (unpaired) electrons. The number of carbonyl (C=O) groups excluding carboxylic acids is 2. The summed E-state index contributed by atoms with van der Waals surface area (Å²) in [6.07, 6.45) is 8.45. The summed E-state index contributed by atoms with van der Waals surface area (Å²) < 4.78 is 0. The lowest BCUT2D eigenvalue weighted by molar-refractivity contribution is -0.154. The summed E-state index contributed by atoms with van der Waals surface area (Å²) in [6, 6.07) is -0.981. The number of nitrogens with zero attached hydrogens (tertiary/aromatic N) is 1. The fourth-order valence-corrected chi connectivity index (χ4v) is 2.46. The van der Waals surface area contributed by atoms with E-state index in [2.05, 4.69) is 6.58 Å². The molecule has 1 fully saturated rings. The molecule has 1 aliphatic rings.